The second-order valence-corrected chi connectivity index (χ2v) is 5.35. The predicted molar refractivity (Wildman–Crippen MR) is 70.3 cm³/mol. The summed E-state index contributed by atoms with van der Waals surface area (Å²) in [5.74, 6) is 0.598. The van der Waals surface area contributed by atoms with Crippen molar-refractivity contribution in [2.75, 3.05) is 0 Å². The summed E-state index contributed by atoms with van der Waals surface area (Å²) in [5.41, 5.74) is 6.76. The first kappa shape index (κ1) is 14.0. The summed E-state index contributed by atoms with van der Waals surface area (Å²) in [6.45, 7) is 4.30. The van der Waals surface area contributed by atoms with Crippen LogP contribution in [0.3, 0.4) is 0 Å². The maximum atomic E-state index is 6.06. The summed E-state index contributed by atoms with van der Waals surface area (Å²) in [4.78, 5) is 3.86. The molecule has 1 heterocycles. The summed E-state index contributed by atoms with van der Waals surface area (Å²) >= 11 is 17.9. The van der Waals surface area contributed by atoms with Gasteiger partial charge in [-0.3, -0.25) is 0 Å². The molecule has 1 rings (SSSR count). The van der Waals surface area contributed by atoms with Gasteiger partial charge in [0.15, 0.2) is 0 Å². The van der Waals surface area contributed by atoms with Crippen LogP contribution in [0.4, 0.5) is 0 Å². The van der Waals surface area contributed by atoms with E-state index in [1.54, 1.807) is 0 Å². The van der Waals surface area contributed by atoms with Crippen molar-refractivity contribution in [3.63, 3.8) is 0 Å². The van der Waals surface area contributed by atoms with E-state index < -0.39 is 0 Å². The van der Waals surface area contributed by atoms with Gasteiger partial charge in [0.05, 0.1) is 10.0 Å². The lowest BCUT2D eigenvalue weighted by Gasteiger charge is -2.16. The van der Waals surface area contributed by atoms with Gasteiger partial charge >= 0.3 is 0 Å². The molecule has 0 aromatic carbocycles. The average Bonchev–Trinajstić information content (AvgIpc) is 2.21. The Labute approximate surface area is 111 Å². The molecule has 0 amide bonds. The van der Waals surface area contributed by atoms with E-state index in [1.807, 2.05) is 0 Å². The highest BCUT2D eigenvalue weighted by atomic mass is 35.5. The van der Waals surface area contributed by atoms with Gasteiger partial charge in [-0.2, -0.15) is 0 Å². The Balaban J connectivity index is 2.90. The fourth-order valence-electron chi connectivity index (χ4n) is 1.45. The van der Waals surface area contributed by atoms with E-state index in [4.69, 9.17) is 40.5 Å². The molecule has 0 aliphatic heterocycles. The van der Waals surface area contributed by atoms with Crippen LogP contribution in [0.5, 0.6) is 0 Å². The average molecular weight is 282 g/mol. The van der Waals surface area contributed by atoms with Gasteiger partial charge in [-0.25, -0.2) is 4.98 Å². The molecule has 0 aliphatic rings. The SMILES string of the molecule is CC(C)CC[C@H](N)c1c(Cl)cnc(Cl)c1Cl. The molecule has 0 fully saturated rings. The van der Waals surface area contributed by atoms with Crippen molar-refractivity contribution in [2.45, 2.75) is 32.7 Å². The van der Waals surface area contributed by atoms with Crippen LogP contribution >= 0.6 is 34.8 Å². The van der Waals surface area contributed by atoms with Crippen LogP contribution in [0, 0.1) is 5.92 Å². The molecule has 0 radical (unpaired) electrons. The molecule has 16 heavy (non-hydrogen) atoms. The van der Waals surface area contributed by atoms with E-state index in [0.29, 0.717) is 21.5 Å². The minimum absolute atomic E-state index is 0.192. The first-order chi connectivity index (χ1) is 7.43. The molecule has 1 atom stereocenters. The second kappa shape index (κ2) is 6.06. The van der Waals surface area contributed by atoms with Crippen molar-refractivity contribution in [3.05, 3.63) is 27.0 Å². The van der Waals surface area contributed by atoms with Crippen LogP contribution in [0.25, 0.3) is 0 Å². The van der Waals surface area contributed by atoms with Crippen molar-refractivity contribution < 1.29 is 0 Å². The molecule has 2 nitrogen and oxygen atoms in total. The Morgan fingerprint density at radius 2 is 1.88 bits per heavy atom. The summed E-state index contributed by atoms with van der Waals surface area (Å²) in [6.07, 6.45) is 3.34. The van der Waals surface area contributed by atoms with E-state index in [1.165, 1.54) is 6.20 Å². The van der Waals surface area contributed by atoms with Crippen molar-refractivity contribution in [3.8, 4) is 0 Å². The standard InChI is InChI=1S/C11H15Cl3N2/c1-6(2)3-4-8(15)9-7(12)5-16-11(14)10(9)13/h5-6,8H,3-4,15H2,1-2H3/t8-/m0/s1. The molecular formula is C11H15Cl3N2. The molecule has 5 heteroatoms. The van der Waals surface area contributed by atoms with E-state index >= 15 is 0 Å². The molecule has 0 saturated heterocycles. The first-order valence-electron chi connectivity index (χ1n) is 5.18. The Hall–Kier alpha value is -0.0200. The predicted octanol–water partition coefficient (Wildman–Crippen LogP) is 4.48. The second-order valence-electron chi connectivity index (χ2n) is 4.20. The first-order valence-corrected chi connectivity index (χ1v) is 6.31. The smallest absolute Gasteiger partial charge is 0.148 e. The third-order valence-corrected chi connectivity index (χ3v) is 3.46. The van der Waals surface area contributed by atoms with Crippen molar-refractivity contribution >= 4 is 34.8 Å². The van der Waals surface area contributed by atoms with E-state index in [-0.39, 0.29) is 11.2 Å². The van der Waals surface area contributed by atoms with Gasteiger partial charge in [0, 0.05) is 17.8 Å². The van der Waals surface area contributed by atoms with Gasteiger partial charge in [0.25, 0.3) is 0 Å². The van der Waals surface area contributed by atoms with Crippen LogP contribution in [-0.2, 0) is 0 Å². The lowest BCUT2D eigenvalue weighted by atomic mass is 9.99. The molecule has 0 bridgehead atoms. The Kier molecular flexibility index (Phi) is 5.32. The lowest BCUT2D eigenvalue weighted by Crippen LogP contribution is -2.13. The summed E-state index contributed by atoms with van der Waals surface area (Å²) < 4.78 is 0. The van der Waals surface area contributed by atoms with Crippen LogP contribution in [0.2, 0.25) is 15.2 Å². The summed E-state index contributed by atoms with van der Waals surface area (Å²) in [5, 5.41) is 1.09. The van der Waals surface area contributed by atoms with Gasteiger partial charge in [-0.05, 0) is 18.8 Å². The molecule has 1 aromatic heterocycles. The van der Waals surface area contributed by atoms with Crippen LogP contribution in [0.1, 0.15) is 38.3 Å². The molecule has 0 aliphatic carbocycles. The van der Waals surface area contributed by atoms with E-state index in [0.717, 1.165) is 12.8 Å². The normalized spacial score (nSPS) is 13.2. The Bertz CT molecular complexity index is 366. The van der Waals surface area contributed by atoms with Crippen LogP contribution < -0.4 is 5.73 Å². The molecule has 2 N–H and O–H groups in total. The Morgan fingerprint density at radius 3 is 2.44 bits per heavy atom. The number of halogens is 3. The lowest BCUT2D eigenvalue weighted by molar-refractivity contribution is 0.507. The topological polar surface area (TPSA) is 38.9 Å². The molecule has 0 spiro atoms. The minimum Gasteiger partial charge on any atom is -0.324 e. The van der Waals surface area contributed by atoms with Crippen molar-refractivity contribution in [2.24, 2.45) is 11.7 Å². The van der Waals surface area contributed by atoms with Gasteiger partial charge < -0.3 is 5.73 Å². The molecule has 0 saturated carbocycles. The number of nitrogens with two attached hydrogens (primary N) is 1. The molecule has 0 unspecified atom stereocenters. The number of rotatable bonds is 4. The van der Waals surface area contributed by atoms with E-state index in [9.17, 15) is 0 Å². The maximum Gasteiger partial charge on any atom is 0.148 e. The number of nitrogens with zero attached hydrogens (tertiary/aromatic N) is 1. The third kappa shape index (κ3) is 3.49. The molecule has 1 aromatic rings. The maximum absolute atomic E-state index is 6.06. The number of aromatic nitrogens is 1. The number of hydrogen-bond acceptors (Lipinski definition) is 2. The summed E-state index contributed by atoms with van der Waals surface area (Å²) in [7, 11) is 0. The zero-order valence-corrected chi connectivity index (χ0v) is 11.6. The molecule has 90 valence electrons. The van der Waals surface area contributed by atoms with Gasteiger partial charge in [-0.15, -0.1) is 0 Å². The zero-order chi connectivity index (χ0) is 12.3. The highest BCUT2D eigenvalue weighted by molar-refractivity contribution is 6.43. The van der Waals surface area contributed by atoms with Gasteiger partial charge in [-0.1, -0.05) is 48.7 Å². The van der Waals surface area contributed by atoms with Crippen molar-refractivity contribution in [1.29, 1.82) is 0 Å². The summed E-state index contributed by atoms with van der Waals surface area (Å²) in [6, 6.07) is -0.192. The fourth-order valence-corrected chi connectivity index (χ4v) is 2.23. The number of hydrogen-bond donors (Lipinski definition) is 1. The van der Waals surface area contributed by atoms with Gasteiger partial charge in [0.1, 0.15) is 5.15 Å². The van der Waals surface area contributed by atoms with Crippen molar-refractivity contribution in [1.82, 2.24) is 4.98 Å². The van der Waals surface area contributed by atoms with Crippen LogP contribution in [-0.4, -0.2) is 4.98 Å². The molecular weight excluding hydrogens is 266 g/mol. The zero-order valence-electron chi connectivity index (χ0n) is 9.30. The van der Waals surface area contributed by atoms with E-state index in [2.05, 4.69) is 18.8 Å². The fraction of sp³-hybridized carbons (Fsp3) is 0.545. The van der Waals surface area contributed by atoms with Crippen LogP contribution in [0.15, 0.2) is 6.20 Å². The van der Waals surface area contributed by atoms with Gasteiger partial charge in [0.2, 0.25) is 0 Å². The highest BCUT2D eigenvalue weighted by Crippen LogP contribution is 2.35. The quantitative estimate of drug-likeness (QED) is 0.827. The highest BCUT2D eigenvalue weighted by Gasteiger charge is 2.17. The third-order valence-electron chi connectivity index (χ3n) is 2.39. The Morgan fingerprint density at radius 1 is 1.25 bits per heavy atom. The minimum atomic E-state index is -0.192. The number of pyridine rings is 1. The monoisotopic (exact) mass is 280 g/mol. The largest absolute Gasteiger partial charge is 0.324 e.